The Bertz CT molecular complexity index is 510. The highest BCUT2D eigenvalue weighted by Gasteiger charge is 2.14. The summed E-state index contributed by atoms with van der Waals surface area (Å²) in [5.74, 6) is 0.297. The number of hydrogen-bond donors (Lipinski definition) is 1. The van der Waals surface area contributed by atoms with Crippen LogP contribution in [0.25, 0.3) is 11.1 Å². The molecule has 2 aromatic rings. The molecule has 2 unspecified atom stereocenters. The van der Waals surface area contributed by atoms with E-state index in [2.05, 4.69) is 57.2 Å². The second kappa shape index (κ2) is 6.03. The van der Waals surface area contributed by atoms with Crippen molar-refractivity contribution in [3.63, 3.8) is 0 Å². The van der Waals surface area contributed by atoms with Crippen molar-refractivity contribution in [3.8, 4) is 11.1 Å². The zero-order chi connectivity index (χ0) is 13.8. The fraction of sp³-hybridized carbons (Fsp3) is 0.333. The molecule has 1 nitrogen and oxygen atoms in total. The second-order valence-corrected chi connectivity index (χ2v) is 5.32. The van der Waals surface area contributed by atoms with Gasteiger partial charge >= 0.3 is 0 Å². The largest absolute Gasteiger partial charge is 0.388 e. The summed E-state index contributed by atoms with van der Waals surface area (Å²) >= 11 is 0. The first-order valence-corrected chi connectivity index (χ1v) is 6.97. The maximum Gasteiger partial charge on any atom is 0.0815 e. The number of rotatable bonds is 4. The van der Waals surface area contributed by atoms with Gasteiger partial charge in [0.15, 0.2) is 0 Å². The lowest BCUT2D eigenvalue weighted by Crippen LogP contribution is -2.07. The molecule has 0 aliphatic carbocycles. The molecular formula is C18H22O. The van der Waals surface area contributed by atoms with Gasteiger partial charge in [0.1, 0.15) is 0 Å². The molecule has 2 atom stereocenters. The van der Waals surface area contributed by atoms with E-state index in [1.54, 1.807) is 0 Å². The molecule has 0 aromatic heterocycles. The van der Waals surface area contributed by atoms with E-state index in [-0.39, 0.29) is 6.10 Å². The maximum absolute atomic E-state index is 10.2. The van der Waals surface area contributed by atoms with Crippen LogP contribution in [0.5, 0.6) is 0 Å². The molecule has 2 aromatic carbocycles. The van der Waals surface area contributed by atoms with E-state index in [0.717, 1.165) is 12.0 Å². The summed E-state index contributed by atoms with van der Waals surface area (Å²) in [6.45, 7) is 6.28. The van der Waals surface area contributed by atoms with Gasteiger partial charge in [-0.1, -0.05) is 74.4 Å². The van der Waals surface area contributed by atoms with E-state index in [1.807, 2.05) is 12.1 Å². The van der Waals surface area contributed by atoms with E-state index in [1.165, 1.54) is 16.7 Å². The minimum Gasteiger partial charge on any atom is -0.388 e. The molecular weight excluding hydrogens is 232 g/mol. The lowest BCUT2D eigenvalue weighted by molar-refractivity contribution is 0.115. The Balaban J connectivity index is 2.21. The summed E-state index contributed by atoms with van der Waals surface area (Å²) < 4.78 is 0. The Morgan fingerprint density at radius 2 is 1.37 bits per heavy atom. The number of hydrogen-bond acceptors (Lipinski definition) is 1. The number of aliphatic hydroxyl groups excluding tert-OH is 1. The monoisotopic (exact) mass is 254 g/mol. The third kappa shape index (κ3) is 3.24. The summed E-state index contributed by atoms with van der Waals surface area (Å²) in [4.78, 5) is 0. The van der Waals surface area contributed by atoms with E-state index in [4.69, 9.17) is 0 Å². The van der Waals surface area contributed by atoms with Crippen LogP contribution in [0.15, 0.2) is 48.5 Å². The topological polar surface area (TPSA) is 20.2 Å². The summed E-state index contributed by atoms with van der Waals surface area (Å²) in [6.07, 6.45) is 0.623. The van der Waals surface area contributed by atoms with E-state index >= 15 is 0 Å². The predicted octanol–water partition coefficient (Wildman–Crippen LogP) is 4.74. The summed E-state index contributed by atoms with van der Waals surface area (Å²) in [6, 6.07) is 16.8. The van der Waals surface area contributed by atoms with Gasteiger partial charge < -0.3 is 5.11 Å². The SMILES string of the molecule is CCC(C)C(O)c1ccc(-c2ccc(C)cc2)cc1. The molecule has 0 aliphatic rings. The van der Waals surface area contributed by atoms with Gasteiger partial charge in [-0.15, -0.1) is 0 Å². The molecule has 0 heterocycles. The molecule has 0 aliphatic heterocycles. The predicted molar refractivity (Wildman–Crippen MR) is 81.0 cm³/mol. The van der Waals surface area contributed by atoms with Crippen LogP contribution >= 0.6 is 0 Å². The van der Waals surface area contributed by atoms with Crippen LogP contribution in [0.1, 0.15) is 37.5 Å². The molecule has 0 fully saturated rings. The zero-order valence-corrected chi connectivity index (χ0v) is 11.9. The molecule has 19 heavy (non-hydrogen) atoms. The first-order chi connectivity index (χ1) is 9.11. The van der Waals surface area contributed by atoms with Crippen molar-refractivity contribution in [3.05, 3.63) is 59.7 Å². The first kappa shape index (κ1) is 13.8. The second-order valence-electron chi connectivity index (χ2n) is 5.32. The van der Waals surface area contributed by atoms with Crippen molar-refractivity contribution in [1.29, 1.82) is 0 Å². The highest BCUT2D eigenvalue weighted by atomic mass is 16.3. The Kier molecular flexibility index (Phi) is 4.39. The van der Waals surface area contributed by atoms with Crippen molar-refractivity contribution >= 4 is 0 Å². The summed E-state index contributed by atoms with van der Waals surface area (Å²) in [5.41, 5.74) is 4.69. The van der Waals surface area contributed by atoms with Crippen LogP contribution in [0.3, 0.4) is 0 Å². The Labute approximate surface area is 115 Å². The Morgan fingerprint density at radius 3 is 1.84 bits per heavy atom. The average molecular weight is 254 g/mol. The molecule has 1 N–H and O–H groups in total. The van der Waals surface area contributed by atoms with Crippen LogP contribution in [-0.4, -0.2) is 5.11 Å². The molecule has 0 spiro atoms. The van der Waals surface area contributed by atoms with Crippen molar-refractivity contribution in [2.75, 3.05) is 0 Å². The average Bonchev–Trinajstić information content (AvgIpc) is 2.46. The minimum atomic E-state index is -0.364. The Morgan fingerprint density at radius 1 is 0.895 bits per heavy atom. The molecule has 1 heteroatoms. The quantitative estimate of drug-likeness (QED) is 0.835. The third-order valence-corrected chi connectivity index (χ3v) is 3.82. The Hall–Kier alpha value is -1.60. The summed E-state index contributed by atoms with van der Waals surface area (Å²) in [7, 11) is 0. The van der Waals surface area contributed by atoms with Crippen molar-refractivity contribution in [2.45, 2.75) is 33.3 Å². The highest BCUT2D eigenvalue weighted by Crippen LogP contribution is 2.27. The van der Waals surface area contributed by atoms with Gasteiger partial charge in [0.2, 0.25) is 0 Å². The van der Waals surface area contributed by atoms with Gasteiger partial charge in [0.25, 0.3) is 0 Å². The zero-order valence-electron chi connectivity index (χ0n) is 11.9. The van der Waals surface area contributed by atoms with Gasteiger partial charge in [-0.05, 0) is 29.5 Å². The van der Waals surface area contributed by atoms with Gasteiger partial charge in [-0.3, -0.25) is 0 Å². The maximum atomic E-state index is 10.2. The van der Waals surface area contributed by atoms with Gasteiger partial charge in [0, 0.05) is 0 Å². The van der Waals surface area contributed by atoms with Gasteiger partial charge in [0.05, 0.1) is 6.10 Å². The van der Waals surface area contributed by atoms with Crippen LogP contribution in [0.2, 0.25) is 0 Å². The summed E-state index contributed by atoms with van der Waals surface area (Å²) in [5, 5.41) is 10.2. The molecule has 0 radical (unpaired) electrons. The van der Waals surface area contributed by atoms with E-state index in [0.29, 0.717) is 5.92 Å². The lowest BCUT2D eigenvalue weighted by atomic mass is 9.94. The minimum absolute atomic E-state index is 0.297. The molecule has 2 rings (SSSR count). The van der Waals surface area contributed by atoms with Crippen molar-refractivity contribution in [1.82, 2.24) is 0 Å². The van der Waals surface area contributed by atoms with Crippen molar-refractivity contribution in [2.24, 2.45) is 5.92 Å². The first-order valence-electron chi connectivity index (χ1n) is 6.97. The number of aliphatic hydroxyl groups is 1. The third-order valence-electron chi connectivity index (χ3n) is 3.82. The number of aryl methyl sites for hydroxylation is 1. The van der Waals surface area contributed by atoms with Crippen molar-refractivity contribution < 1.29 is 5.11 Å². The highest BCUT2D eigenvalue weighted by molar-refractivity contribution is 5.63. The van der Waals surface area contributed by atoms with Crippen LogP contribution in [0, 0.1) is 12.8 Å². The fourth-order valence-electron chi connectivity index (χ4n) is 2.17. The van der Waals surface area contributed by atoms with Crippen LogP contribution in [-0.2, 0) is 0 Å². The molecule has 100 valence electrons. The van der Waals surface area contributed by atoms with Crippen LogP contribution < -0.4 is 0 Å². The molecule has 0 saturated heterocycles. The lowest BCUT2D eigenvalue weighted by Gasteiger charge is -2.17. The smallest absolute Gasteiger partial charge is 0.0815 e. The standard InChI is InChI=1S/C18H22O/c1-4-14(3)18(19)17-11-9-16(10-12-17)15-7-5-13(2)6-8-15/h5-12,14,18-19H,4H2,1-3H3. The van der Waals surface area contributed by atoms with E-state index in [9.17, 15) is 5.11 Å². The van der Waals surface area contributed by atoms with Crippen LogP contribution in [0.4, 0.5) is 0 Å². The fourth-order valence-corrected chi connectivity index (χ4v) is 2.17. The number of benzene rings is 2. The normalized spacial score (nSPS) is 14.1. The molecule has 0 bridgehead atoms. The molecule has 0 saturated carbocycles. The molecule has 0 amide bonds. The van der Waals surface area contributed by atoms with E-state index < -0.39 is 0 Å². The van der Waals surface area contributed by atoms with Gasteiger partial charge in [-0.25, -0.2) is 0 Å². The van der Waals surface area contributed by atoms with Gasteiger partial charge in [-0.2, -0.15) is 0 Å².